The molecule has 0 spiro atoms. The van der Waals surface area contributed by atoms with Crippen molar-refractivity contribution in [3.63, 3.8) is 0 Å². The number of nitrogens with one attached hydrogen (secondary N) is 1. The van der Waals surface area contributed by atoms with Crippen molar-refractivity contribution in [1.29, 1.82) is 0 Å². The number of benzene rings is 2. The summed E-state index contributed by atoms with van der Waals surface area (Å²) in [7, 11) is 1.27. The molecule has 27 heavy (non-hydrogen) atoms. The van der Waals surface area contributed by atoms with Crippen LogP contribution in [0.25, 0.3) is 6.08 Å². The monoisotopic (exact) mass is 386 g/mol. The highest BCUT2D eigenvalue weighted by atomic mass is 32.2. The summed E-state index contributed by atoms with van der Waals surface area (Å²) < 4.78 is 18.0. The van der Waals surface area contributed by atoms with Gasteiger partial charge < -0.3 is 10.1 Å². The number of ether oxygens (including phenoxy) is 1. The molecule has 8 heteroatoms. The Morgan fingerprint density at radius 3 is 2.74 bits per heavy atom. The third kappa shape index (κ3) is 4.17. The van der Waals surface area contributed by atoms with E-state index in [1.165, 1.54) is 31.4 Å². The Bertz CT molecular complexity index is 945. The summed E-state index contributed by atoms with van der Waals surface area (Å²) in [5.41, 5.74) is 1.23. The molecule has 0 aliphatic carbocycles. The highest BCUT2D eigenvalue weighted by Crippen LogP contribution is 2.32. The summed E-state index contributed by atoms with van der Waals surface area (Å²) in [5, 5.41) is 2.45. The first-order valence-electron chi connectivity index (χ1n) is 7.92. The van der Waals surface area contributed by atoms with E-state index >= 15 is 0 Å². The van der Waals surface area contributed by atoms with Gasteiger partial charge in [0.1, 0.15) is 5.82 Å². The molecule has 0 atom stereocenters. The van der Waals surface area contributed by atoms with Crippen LogP contribution >= 0.6 is 11.8 Å². The number of hydrogen-bond donors (Lipinski definition) is 1. The number of methoxy groups -OCH3 is 1. The first kappa shape index (κ1) is 18.7. The average Bonchev–Trinajstić information content (AvgIpc) is 2.92. The SMILES string of the molecule is COC(=O)c1ccccc1NCN1C(=O)SC(=Cc2cccc(F)c2)C1=O. The standard InChI is InChI=1S/C19H15FN2O4S/c1-26-18(24)14-7-2-3-8-15(14)21-11-22-17(23)16(27-19(22)25)10-12-5-4-6-13(20)9-12/h2-10,21H,11H2,1H3. The molecule has 6 nitrogen and oxygen atoms in total. The van der Waals surface area contributed by atoms with Crippen LogP contribution in [-0.4, -0.2) is 35.8 Å². The Labute approximate surface area is 159 Å². The Balaban J connectivity index is 1.75. The molecular weight excluding hydrogens is 371 g/mol. The maximum atomic E-state index is 13.3. The minimum Gasteiger partial charge on any atom is -0.465 e. The van der Waals surface area contributed by atoms with Crippen molar-refractivity contribution in [2.45, 2.75) is 0 Å². The van der Waals surface area contributed by atoms with Crippen molar-refractivity contribution >= 4 is 40.6 Å². The van der Waals surface area contributed by atoms with Gasteiger partial charge >= 0.3 is 5.97 Å². The fraction of sp³-hybridized carbons (Fsp3) is 0.105. The van der Waals surface area contributed by atoms with Crippen LogP contribution in [0.4, 0.5) is 14.9 Å². The topological polar surface area (TPSA) is 75.7 Å². The zero-order valence-corrected chi connectivity index (χ0v) is 15.1. The smallest absolute Gasteiger partial charge is 0.339 e. The zero-order chi connectivity index (χ0) is 19.4. The van der Waals surface area contributed by atoms with E-state index in [1.807, 2.05) is 0 Å². The first-order chi connectivity index (χ1) is 13.0. The summed E-state index contributed by atoms with van der Waals surface area (Å²) in [6.45, 7) is -0.112. The number of esters is 1. The molecule has 1 N–H and O–H groups in total. The maximum Gasteiger partial charge on any atom is 0.339 e. The first-order valence-corrected chi connectivity index (χ1v) is 8.73. The predicted octanol–water partition coefficient (Wildman–Crippen LogP) is 3.72. The van der Waals surface area contributed by atoms with E-state index in [0.717, 1.165) is 16.7 Å². The van der Waals surface area contributed by atoms with Crippen molar-refractivity contribution in [3.05, 3.63) is 70.4 Å². The van der Waals surface area contributed by atoms with E-state index in [2.05, 4.69) is 5.32 Å². The van der Waals surface area contributed by atoms with Crippen molar-refractivity contribution in [3.8, 4) is 0 Å². The van der Waals surface area contributed by atoms with Gasteiger partial charge in [-0.2, -0.15) is 0 Å². The zero-order valence-electron chi connectivity index (χ0n) is 14.3. The second-order valence-corrected chi connectivity index (χ2v) is 6.53. The van der Waals surface area contributed by atoms with Gasteiger partial charge in [0.05, 0.1) is 29.9 Å². The molecule has 1 aliphatic heterocycles. The summed E-state index contributed by atoms with van der Waals surface area (Å²) in [5.74, 6) is -1.44. The molecule has 0 saturated carbocycles. The second-order valence-electron chi connectivity index (χ2n) is 5.54. The lowest BCUT2D eigenvalue weighted by Gasteiger charge is -2.16. The van der Waals surface area contributed by atoms with Gasteiger partial charge in [0.15, 0.2) is 0 Å². The van der Waals surface area contributed by atoms with E-state index < -0.39 is 22.9 Å². The molecule has 0 bridgehead atoms. The summed E-state index contributed by atoms with van der Waals surface area (Å²) >= 11 is 0.777. The van der Waals surface area contributed by atoms with Crippen LogP contribution in [0, 0.1) is 5.82 Å². The van der Waals surface area contributed by atoms with Crippen molar-refractivity contribution in [2.75, 3.05) is 19.1 Å². The lowest BCUT2D eigenvalue weighted by molar-refractivity contribution is -0.122. The predicted molar refractivity (Wildman–Crippen MR) is 100 cm³/mol. The molecule has 0 radical (unpaired) electrons. The number of para-hydroxylation sites is 1. The number of rotatable bonds is 5. The lowest BCUT2D eigenvalue weighted by Crippen LogP contribution is -2.33. The molecule has 0 unspecified atom stereocenters. The highest BCUT2D eigenvalue weighted by molar-refractivity contribution is 8.18. The van der Waals surface area contributed by atoms with Crippen LogP contribution in [0.3, 0.4) is 0 Å². The van der Waals surface area contributed by atoms with E-state index in [4.69, 9.17) is 4.74 Å². The van der Waals surface area contributed by atoms with Crippen LogP contribution in [0.15, 0.2) is 53.4 Å². The number of carbonyl (C=O) groups is 3. The number of carbonyl (C=O) groups excluding carboxylic acids is 3. The molecule has 2 aromatic carbocycles. The number of anilines is 1. The number of hydrogen-bond acceptors (Lipinski definition) is 6. The lowest BCUT2D eigenvalue weighted by atomic mass is 10.2. The quantitative estimate of drug-likeness (QED) is 0.624. The number of nitrogens with zero attached hydrogens (tertiary/aromatic N) is 1. The average molecular weight is 386 g/mol. The second kappa shape index (κ2) is 8.05. The minimum absolute atomic E-state index is 0.112. The van der Waals surface area contributed by atoms with Gasteiger partial charge in [-0.05, 0) is 47.7 Å². The van der Waals surface area contributed by atoms with Crippen LogP contribution in [0.5, 0.6) is 0 Å². The normalized spacial score (nSPS) is 15.3. The summed E-state index contributed by atoms with van der Waals surface area (Å²) in [4.78, 5) is 37.7. The molecule has 1 aliphatic rings. The minimum atomic E-state index is -0.529. The van der Waals surface area contributed by atoms with Crippen LogP contribution in [0.2, 0.25) is 0 Å². The van der Waals surface area contributed by atoms with Gasteiger partial charge in [-0.25, -0.2) is 9.18 Å². The maximum absolute atomic E-state index is 13.3. The molecule has 138 valence electrons. The highest BCUT2D eigenvalue weighted by Gasteiger charge is 2.35. The molecule has 1 fully saturated rings. The van der Waals surface area contributed by atoms with Gasteiger partial charge in [-0.1, -0.05) is 24.3 Å². The third-order valence-electron chi connectivity index (χ3n) is 3.78. The van der Waals surface area contributed by atoms with E-state index in [0.29, 0.717) is 16.8 Å². The third-order valence-corrected chi connectivity index (χ3v) is 4.69. The Kier molecular flexibility index (Phi) is 5.56. The number of thioether (sulfide) groups is 1. The van der Waals surface area contributed by atoms with Gasteiger partial charge in [-0.15, -0.1) is 0 Å². The molecule has 0 aromatic heterocycles. The summed E-state index contributed by atoms with van der Waals surface area (Å²) in [6.07, 6.45) is 1.47. The van der Waals surface area contributed by atoms with Gasteiger partial charge in [0.2, 0.25) is 0 Å². The number of amides is 2. The number of imide groups is 1. The van der Waals surface area contributed by atoms with Crippen LogP contribution in [-0.2, 0) is 9.53 Å². The van der Waals surface area contributed by atoms with E-state index in [9.17, 15) is 18.8 Å². The molecule has 1 saturated heterocycles. The molecule has 3 rings (SSSR count). The molecule has 2 aromatic rings. The van der Waals surface area contributed by atoms with Crippen LogP contribution < -0.4 is 5.32 Å². The number of halogens is 1. The van der Waals surface area contributed by atoms with Gasteiger partial charge in [0.25, 0.3) is 11.1 Å². The van der Waals surface area contributed by atoms with Gasteiger partial charge in [-0.3, -0.25) is 14.5 Å². The van der Waals surface area contributed by atoms with Crippen molar-refractivity contribution < 1.29 is 23.5 Å². The Morgan fingerprint density at radius 1 is 1.22 bits per heavy atom. The molecule has 1 heterocycles. The van der Waals surface area contributed by atoms with Crippen molar-refractivity contribution in [2.24, 2.45) is 0 Å². The van der Waals surface area contributed by atoms with E-state index in [1.54, 1.807) is 30.3 Å². The fourth-order valence-electron chi connectivity index (χ4n) is 2.47. The molecule has 2 amide bonds. The Hall–Kier alpha value is -3.13. The summed E-state index contributed by atoms with van der Waals surface area (Å²) in [6, 6.07) is 12.4. The Morgan fingerprint density at radius 2 is 2.00 bits per heavy atom. The van der Waals surface area contributed by atoms with Gasteiger partial charge in [0, 0.05) is 0 Å². The van der Waals surface area contributed by atoms with Crippen LogP contribution in [0.1, 0.15) is 15.9 Å². The fourth-order valence-corrected chi connectivity index (χ4v) is 3.31. The van der Waals surface area contributed by atoms with E-state index in [-0.39, 0.29) is 11.6 Å². The van der Waals surface area contributed by atoms with Crippen molar-refractivity contribution in [1.82, 2.24) is 4.90 Å². The molecular formula is C19H15FN2O4S. The largest absolute Gasteiger partial charge is 0.465 e.